The normalized spacial score (nSPS) is 11.4. The zero-order chi connectivity index (χ0) is 35.1. The van der Waals surface area contributed by atoms with E-state index in [1.165, 1.54) is 21.9 Å². The minimum Gasteiger partial charge on any atom is -0.456 e. The maximum absolute atomic E-state index is 6.40. The largest absolute Gasteiger partial charge is 0.456 e. The van der Waals surface area contributed by atoms with Crippen molar-refractivity contribution in [2.24, 2.45) is 0 Å². The van der Waals surface area contributed by atoms with Crippen LogP contribution in [-0.4, -0.2) is 15.0 Å². The minimum atomic E-state index is 0.626. The first-order valence-corrected chi connectivity index (χ1v) is 17.8. The molecule has 53 heavy (non-hydrogen) atoms. The molecule has 0 radical (unpaired) electrons. The van der Waals surface area contributed by atoms with Gasteiger partial charge in [-0.05, 0) is 74.5 Å². The van der Waals surface area contributed by atoms with Crippen LogP contribution in [0.15, 0.2) is 192 Å². The molecular formula is C49H31N3O. The fraction of sp³-hybridized carbons (Fsp3) is 0. The van der Waals surface area contributed by atoms with Crippen LogP contribution in [0.2, 0.25) is 0 Å². The van der Waals surface area contributed by atoms with Gasteiger partial charge in [-0.3, -0.25) is 0 Å². The highest BCUT2D eigenvalue weighted by Gasteiger charge is 2.14. The molecule has 0 aliphatic rings. The van der Waals surface area contributed by atoms with E-state index in [1.807, 2.05) is 36.4 Å². The monoisotopic (exact) mass is 677 g/mol. The summed E-state index contributed by atoms with van der Waals surface area (Å²) in [6.07, 6.45) is 0. The number of hydrogen-bond donors (Lipinski definition) is 0. The summed E-state index contributed by atoms with van der Waals surface area (Å²) in [5.74, 6) is 1.90. The first-order chi connectivity index (χ1) is 26.2. The van der Waals surface area contributed by atoms with Gasteiger partial charge in [-0.15, -0.1) is 0 Å². The molecule has 2 heterocycles. The topological polar surface area (TPSA) is 51.8 Å². The Balaban J connectivity index is 0.978. The summed E-state index contributed by atoms with van der Waals surface area (Å²) in [5, 5.41) is 4.68. The molecule has 0 atom stereocenters. The highest BCUT2D eigenvalue weighted by molar-refractivity contribution is 6.07. The van der Waals surface area contributed by atoms with E-state index in [-0.39, 0.29) is 0 Å². The molecule has 8 aromatic carbocycles. The van der Waals surface area contributed by atoms with Crippen LogP contribution in [0, 0.1) is 0 Å². The summed E-state index contributed by atoms with van der Waals surface area (Å²) in [6.45, 7) is 0. The maximum atomic E-state index is 6.40. The van der Waals surface area contributed by atoms with Crippen LogP contribution < -0.4 is 0 Å². The highest BCUT2D eigenvalue weighted by Crippen LogP contribution is 2.35. The fourth-order valence-electron chi connectivity index (χ4n) is 7.11. The van der Waals surface area contributed by atoms with Crippen LogP contribution in [-0.2, 0) is 0 Å². The van der Waals surface area contributed by atoms with Crippen LogP contribution in [0.1, 0.15) is 0 Å². The molecule has 2 aromatic heterocycles. The van der Waals surface area contributed by atoms with Gasteiger partial charge in [0.25, 0.3) is 0 Å². The first kappa shape index (κ1) is 30.6. The van der Waals surface area contributed by atoms with Gasteiger partial charge in [-0.1, -0.05) is 158 Å². The van der Waals surface area contributed by atoms with Crippen molar-refractivity contribution >= 4 is 32.7 Å². The van der Waals surface area contributed by atoms with Crippen molar-refractivity contribution in [3.05, 3.63) is 188 Å². The van der Waals surface area contributed by atoms with Crippen LogP contribution in [0.4, 0.5) is 0 Å². The Labute approximate surface area is 306 Å². The maximum Gasteiger partial charge on any atom is 0.164 e. The molecule has 0 spiro atoms. The van der Waals surface area contributed by atoms with Crippen LogP contribution in [0.25, 0.3) is 100 Å². The lowest BCUT2D eigenvalue weighted by Gasteiger charge is -2.10. The lowest BCUT2D eigenvalue weighted by molar-refractivity contribution is 0.669. The van der Waals surface area contributed by atoms with Gasteiger partial charge in [0.05, 0.1) is 0 Å². The number of nitrogens with zero attached hydrogens (tertiary/aromatic N) is 3. The van der Waals surface area contributed by atoms with E-state index in [0.29, 0.717) is 17.5 Å². The Morgan fingerprint density at radius 1 is 0.264 bits per heavy atom. The van der Waals surface area contributed by atoms with E-state index in [9.17, 15) is 0 Å². The van der Waals surface area contributed by atoms with Crippen molar-refractivity contribution < 1.29 is 4.42 Å². The predicted molar refractivity (Wildman–Crippen MR) is 217 cm³/mol. The Bertz CT molecular complexity index is 2910. The van der Waals surface area contributed by atoms with E-state index in [2.05, 4.69) is 152 Å². The average molecular weight is 678 g/mol. The molecule has 0 saturated heterocycles. The number of furan rings is 1. The van der Waals surface area contributed by atoms with Gasteiger partial charge >= 0.3 is 0 Å². The second-order valence-corrected chi connectivity index (χ2v) is 13.3. The number of aromatic nitrogens is 3. The van der Waals surface area contributed by atoms with Gasteiger partial charge in [0, 0.05) is 27.5 Å². The summed E-state index contributed by atoms with van der Waals surface area (Å²) in [6, 6.07) is 65.3. The van der Waals surface area contributed by atoms with Crippen LogP contribution >= 0.6 is 0 Å². The molecule has 0 unspecified atom stereocenters. The molecule has 4 nitrogen and oxygen atoms in total. The SMILES string of the molecule is c1ccc(-c2ccc3c(c2)oc2cc(-c4ccc(-c5nc(-c6ccccc6)nc(-c6ccc(-c7ccc8ccccc8c7)cc6)n5)cc4)ccc23)cc1. The number of benzene rings is 8. The molecule has 0 amide bonds. The van der Waals surface area contributed by atoms with E-state index in [4.69, 9.17) is 19.4 Å². The predicted octanol–water partition coefficient (Wildman–Crippen LogP) is 12.9. The molecule has 0 fully saturated rings. The average Bonchev–Trinajstić information content (AvgIpc) is 3.61. The second kappa shape index (κ2) is 12.9. The molecule has 0 saturated carbocycles. The highest BCUT2D eigenvalue weighted by atomic mass is 16.3. The number of rotatable bonds is 6. The van der Waals surface area contributed by atoms with Gasteiger partial charge < -0.3 is 4.42 Å². The standard InChI is InChI=1S/C49H31N3O/c1-3-9-32(10-4-1)41-25-27-43-44-28-26-42(31-46(44)53-45(43)30-41)35-17-22-38(23-18-35)49-51-47(36-12-5-2-6-13-36)50-48(52-49)37-20-15-34(16-21-37)40-24-19-33-11-7-8-14-39(33)29-40/h1-31H. The lowest BCUT2D eigenvalue weighted by Crippen LogP contribution is -2.00. The van der Waals surface area contributed by atoms with Crippen molar-refractivity contribution in [2.45, 2.75) is 0 Å². The molecule has 0 bridgehead atoms. The van der Waals surface area contributed by atoms with Crippen molar-refractivity contribution in [1.82, 2.24) is 15.0 Å². The fourth-order valence-corrected chi connectivity index (χ4v) is 7.11. The zero-order valence-corrected chi connectivity index (χ0v) is 28.6. The third kappa shape index (κ3) is 5.82. The van der Waals surface area contributed by atoms with Crippen molar-refractivity contribution in [3.63, 3.8) is 0 Å². The second-order valence-electron chi connectivity index (χ2n) is 13.3. The number of fused-ring (bicyclic) bond motifs is 4. The van der Waals surface area contributed by atoms with E-state index in [0.717, 1.165) is 60.9 Å². The molecule has 248 valence electrons. The summed E-state index contributed by atoms with van der Waals surface area (Å²) in [4.78, 5) is 14.9. The van der Waals surface area contributed by atoms with Gasteiger partial charge in [-0.25, -0.2) is 15.0 Å². The first-order valence-electron chi connectivity index (χ1n) is 17.8. The summed E-state index contributed by atoms with van der Waals surface area (Å²) >= 11 is 0. The van der Waals surface area contributed by atoms with Gasteiger partial charge in [0.2, 0.25) is 0 Å². The lowest BCUT2D eigenvalue weighted by atomic mass is 10.00. The van der Waals surface area contributed by atoms with Crippen LogP contribution in [0.3, 0.4) is 0 Å². The molecule has 0 aliphatic carbocycles. The van der Waals surface area contributed by atoms with Gasteiger partial charge in [0.15, 0.2) is 17.5 Å². The van der Waals surface area contributed by atoms with E-state index < -0.39 is 0 Å². The molecular weight excluding hydrogens is 647 g/mol. The molecule has 10 aromatic rings. The molecule has 0 N–H and O–H groups in total. The van der Waals surface area contributed by atoms with E-state index >= 15 is 0 Å². The Morgan fingerprint density at radius 3 is 1.15 bits per heavy atom. The third-order valence-corrected chi connectivity index (χ3v) is 9.95. The Hall–Kier alpha value is -7.17. The Kier molecular flexibility index (Phi) is 7.43. The van der Waals surface area contributed by atoms with Gasteiger partial charge in [-0.2, -0.15) is 0 Å². The summed E-state index contributed by atoms with van der Waals surface area (Å²) < 4.78 is 6.40. The quantitative estimate of drug-likeness (QED) is 0.176. The molecule has 0 aliphatic heterocycles. The molecule has 4 heteroatoms. The van der Waals surface area contributed by atoms with E-state index in [1.54, 1.807) is 0 Å². The third-order valence-electron chi connectivity index (χ3n) is 9.95. The minimum absolute atomic E-state index is 0.626. The van der Waals surface area contributed by atoms with Gasteiger partial charge in [0.1, 0.15) is 11.2 Å². The number of hydrogen-bond acceptors (Lipinski definition) is 4. The van der Waals surface area contributed by atoms with Crippen molar-refractivity contribution in [2.75, 3.05) is 0 Å². The van der Waals surface area contributed by atoms with Crippen LogP contribution in [0.5, 0.6) is 0 Å². The molecule has 10 rings (SSSR count). The Morgan fingerprint density at radius 2 is 0.623 bits per heavy atom. The summed E-state index contributed by atoms with van der Waals surface area (Å²) in [7, 11) is 0. The van der Waals surface area contributed by atoms with Crippen molar-refractivity contribution in [1.29, 1.82) is 0 Å². The summed E-state index contributed by atoms with van der Waals surface area (Å²) in [5.41, 5.74) is 11.3. The smallest absolute Gasteiger partial charge is 0.164 e. The van der Waals surface area contributed by atoms with Crippen molar-refractivity contribution in [3.8, 4) is 67.5 Å². The zero-order valence-electron chi connectivity index (χ0n) is 28.6.